The molecule has 0 bridgehead atoms. The number of benzene rings is 10. The number of anilines is 6. The van der Waals surface area contributed by atoms with Crippen molar-refractivity contribution in [2.45, 2.75) is 5.41 Å². The van der Waals surface area contributed by atoms with Crippen molar-refractivity contribution >= 4 is 44.9 Å². The smallest absolute Gasteiger partial charge is 0.0733 e. The van der Waals surface area contributed by atoms with E-state index >= 15 is 0 Å². The van der Waals surface area contributed by atoms with Crippen molar-refractivity contribution in [2.75, 3.05) is 9.80 Å². The first-order valence-corrected chi connectivity index (χ1v) is 21.1. The van der Waals surface area contributed by atoms with Crippen LogP contribution in [0, 0.1) is 0 Å². The van der Waals surface area contributed by atoms with E-state index in [0.29, 0.717) is 0 Å². The minimum atomic E-state index is -0.595. The van der Waals surface area contributed by atoms with Gasteiger partial charge in [0.2, 0.25) is 0 Å². The van der Waals surface area contributed by atoms with Gasteiger partial charge in [0.25, 0.3) is 0 Å². The Bertz CT molecular complexity index is 3190. The predicted octanol–water partition coefficient (Wildman–Crippen LogP) is 15.8. The molecule has 12 rings (SSSR count). The van der Waals surface area contributed by atoms with Crippen molar-refractivity contribution in [3.8, 4) is 33.4 Å². The number of para-hydroxylation sites is 3. The third-order valence-corrected chi connectivity index (χ3v) is 12.8. The van der Waals surface area contributed by atoms with E-state index in [1.165, 1.54) is 66.4 Å². The summed E-state index contributed by atoms with van der Waals surface area (Å²) in [7, 11) is 0. The maximum absolute atomic E-state index is 2.49. The first kappa shape index (κ1) is 35.0. The highest BCUT2D eigenvalue weighted by Gasteiger charge is 2.53. The van der Waals surface area contributed by atoms with Gasteiger partial charge in [-0.3, -0.25) is 0 Å². The van der Waals surface area contributed by atoms with Gasteiger partial charge in [-0.15, -0.1) is 0 Å². The van der Waals surface area contributed by atoms with Crippen LogP contribution in [0.4, 0.5) is 34.1 Å². The quantitative estimate of drug-likeness (QED) is 0.159. The Labute approximate surface area is 356 Å². The van der Waals surface area contributed by atoms with Gasteiger partial charge in [0, 0.05) is 34.0 Å². The summed E-state index contributed by atoms with van der Waals surface area (Å²) in [6.07, 6.45) is 0. The van der Waals surface area contributed by atoms with Crippen LogP contribution in [0.5, 0.6) is 0 Å². The normalized spacial score (nSPS) is 14.3. The van der Waals surface area contributed by atoms with Gasteiger partial charge in [-0.1, -0.05) is 176 Å². The molecule has 0 amide bonds. The van der Waals surface area contributed by atoms with Gasteiger partial charge < -0.3 is 9.80 Å². The van der Waals surface area contributed by atoms with Crippen molar-refractivity contribution in [1.29, 1.82) is 0 Å². The molecule has 0 N–H and O–H groups in total. The van der Waals surface area contributed by atoms with E-state index in [0.717, 1.165) is 34.1 Å². The van der Waals surface area contributed by atoms with Gasteiger partial charge in [0.1, 0.15) is 0 Å². The fraction of sp³-hybridized carbons (Fsp3) is 0.0169. The number of hydrogen-bond acceptors (Lipinski definition) is 2. The molecule has 0 aromatic heterocycles. The minimum Gasteiger partial charge on any atom is -0.310 e. The standard InChI is InChI=1S/C59H40N2/c1-5-19-41(20-6-1)42-33-35-47(36-34-42)61(46-26-11-4-12-27-46)56-39-43-21-13-14-28-49(43)58-57(56)52-30-16-18-32-54(52)59(58)53-31-17-15-29-50(53)51-38-37-48(40-55(51)59)60(44-22-7-2-8-23-44)45-24-9-3-10-25-45/h1-40H. The number of fused-ring (bicyclic) bond motifs is 12. The summed E-state index contributed by atoms with van der Waals surface area (Å²) in [5.74, 6) is 0. The molecule has 10 aromatic carbocycles. The summed E-state index contributed by atoms with van der Waals surface area (Å²) in [4.78, 5) is 4.87. The first-order valence-electron chi connectivity index (χ1n) is 21.1. The van der Waals surface area contributed by atoms with Gasteiger partial charge in [0.05, 0.1) is 11.1 Å². The van der Waals surface area contributed by atoms with E-state index in [1.54, 1.807) is 0 Å². The van der Waals surface area contributed by atoms with Gasteiger partial charge in [0.15, 0.2) is 0 Å². The van der Waals surface area contributed by atoms with Crippen molar-refractivity contribution in [3.05, 3.63) is 265 Å². The number of hydrogen-bond donors (Lipinski definition) is 0. The van der Waals surface area contributed by atoms with Crippen LogP contribution in [0.25, 0.3) is 44.2 Å². The molecule has 1 spiro atoms. The molecule has 0 fully saturated rings. The second-order valence-electron chi connectivity index (χ2n) is 16.0. The topological polar surface area (TPSA) is 6.48 Å². The number of nitrogens with zero attached hydrogens (tertiary/aromatic N) is 2. The van der Waals surface area contributed by atoms with Crippen LogP contribution in [0.2, 0.25) is 0 Å². The van der Waals surface area contributed by atoms with Gasteiger partial charge >= 0.3 is 0 Å². The van der Waals surface area contributed by atoms with Crippen LogP contribution in [-0.4, -0.2) is 0 Å². The zero-order valence-electron chi connectivity index (χ0n) is 33.5. The van der Waals surface area contributed by atoms with Crippen LogP contribution in [0.1, 0.15) is 22.3 Å². The Kier molecular flexibility index (Phi) is 8.11. The lowest BCUT2D eigenvalue weighted by Crippen LogP contribution is -2.27. The highest BCUT2D eigenvalue weighted by molar-refractivity contribution is 6.10. The first-order chi connectivity index (χ1) is 30.3. The average Bonchev–Trinajstić information content (AvgIpc) is 3.81. The third-order valence-electron chi connectivity index (χ3n) is 12.8. The lowest BCUT2D eigenvalue weighted by atomic mass is 9.69. The third kappa shape index (κ3) is 5.36. The molecule has 0 radical (unpaired) electrons. The predicted molar refractivity (Wildman–Crippen MR) is 255 cm³/mol. The summed E-state index contributed by atoms with van der Waals surface area (Å²) in [5, 5.41) is 2.48. The Balaban J connectivity index is 1.17. The van der Waals surface area contributed by atoms with Crippen molar-refractivity contribution in [1.82, 2.24) is 0 Å². The van der Waals surface area contributed by atoms with Gasteiger partial charge in [-0.2, -0.15) is 0 Å². The highest BCUT2D eigenvalue weighted by atomic mass is 15.1. The average molecular weight is 777 g/mol. The fourth-order valence-electron chi connectivity index (χ4n) is 10.3. The second-order valence-corrected chi connectivity index (χ2v) is 16.0. The minimum absolute atomic E-state index is 0.595. The Morgan fingerprint density at radius 3 is 1.41 bits per heavy atom. The SMILES string of the molecule is c1ccc(-c2ccc(N(c3ccccc3)c3cc4ccccc4c4c3-c3ccccc3C43c4ccccc4-c4ccc(N(c5ccccc5)c5ccccc5)cc43)cc2)cc1. The Hall–Kier alpha value is -7.94. The maximum atomic E-state index is 2.49. The molecular weight excluding hydrogens is 737 g/mol. The molecule has 2 nitrogen and oxygen atoms in total. The molecule has 0 aliphatic heterocycles. The Morgan fingerprint density at radius 2 is 0.754 bits per heavy atom. The summed E-state index contributed by atoms with van der Waals surface area (Å²) in [6.45, 7) is 0. The monoisotopic (exact) mass is 776 g/mol. The molecule has 0 saturated heterocycles. The molecule has 61 heavy (non-hydrogen) atoms. The molecule has 2 aliphatic rings. The molecule has 1 atom stereocenters. The molecule has 286 valence electrons. The van der Waals surface area contributed by atoms with Crippen LogP contribution in [0.15, 0.2) is 243 Å². The lowest BCUT2D eigenvalue weighted by Gasteiger charge is -2.34. The van der Waals surface area contributed by atoms with E-state index in [-0.39, 0.29) is 0 Å². The van der Waals surface area contributed by atoms with E-state index in [2.05, 4.69) is 252 Å². The molecule has 2 aliphatic carbocycles. The van der Waals surface area contributed by atoms with Crippen LogP contribution in [-0.2, 0) is 5.41 Å². The second kappa shape index (κ2) is 14.1. The van der Waals surface area contributed by atoms with E-state index < -0.39 is 5.41 Å². The van der Waals surface area contributed by atoms with Gasteiger partial charge in [-0.25, -0.2) is 0 Å². The van der Waals surface area contributed by atoms with E-state index in [9.17, 15) is 0 Å². The summed E-state index contributed by atoms with van der Waals surface area (Å²) < 4.78 is 0. The van der Waals surface area contributed by atoms with Crippen LogP contribution in [0.3, 0.4) is 0 Å². The lowest BCUT2D eigenvalue weighted by molar-refractivity contribution is 0.801. The van der Waals surface area contributed by atoms with Crippen LogP contribution >= 0.6 is 0 Å². The van der Waals surface area contributed by atoms with Crippen molar-refractivity contribution in [3.63, 3.8) is 0 Å². The number of rotatable bonds is 7. The highest BCUT2D eigenvalue weighted by Crippen LogP contribution is 2.66. The zero-order valence-corrected chi connectivity index (χ0v) is 33.5. The summed E-state index contributed by atoms with van der Waals surface area (Å²) in [6, 6.07) is 89.0. The van der Waals surface area contributed by atoms with E-state index in [1.807, 2.05) is 0 Å². The fourth-order valence-corrected chi connectivity index (χ4v) is 10.3. The van der Waals surface area contributed by atoms with Crippen molar-refractivity contribution < 1.29 is 0 Å². The Morgan fingerprint density at radius 1 is 0.295 bits per heavy atom. The molecule has 1 unspecified atom stereocenters. The zero-order chi connectivity index (χ0) is 40.3. The summed E-state index contributed by atoms with van der Waals surface area (Å²) in [5.41, 5.74) is 18.9. The molecular formula is C59H40N2. The molecule has 0 saturated carbocycles. The largest absolute Gasteiger partial charge is 0.310 e. The van der Waals surface area contributed by atoms with Crippen molar-refractivity contribution in [2.24, 2.45) is 0 Å². The molecule has 0 heterocycles. The van der Waals surface area contributed by atoms with Crippen LogP contribution < -0.4 is 9.80 Å². The summed E-state index contributed by atoms with van der Waals surface area (Å²) >= 11 is 0. The maximum Gasteiger partial charge on any atom is 0.0733 e. The van der Waals surface area contributed by atoms with E-state index in [4.69, 9.17) is 0 Å². The van der Waals surface area contributed by atoms with Gasteiger partial charge in [-0.05, 0) is 128 Å². The molecule has 10 aromatic rings. The molecule has 2 heteroatoms.